The number of hydrogen-bond acceptors (Lipinski definition) is 2. The average Bonchev–Trinajstić information content (AvgIpc) is 2.27. The van der Waals surface area contributed by atoms with Crippen molar-refractivity contribution in [1.29, 1.82) is 0 Å². The molecule has 1 atom stereocenters. The molecule has 0 saturated carbocycles. The van der Waals surface area contributed by atoms with E-state index >= 15 is 0 Å². The van der Waals surface area contributed by atoms with Gasteiger partial charge < -0.3 is 11.5 Å². The van der Waals surface area contributed by atoms with Crippen LogP contribution in [0.5, 0.6) is 0 Å². The Morgan fingerprint density at radius 2 is 1.79 bits per heavy atom. The molecule has 7 heteroatoms. The maximum absolute atomic E-state index is 13.3. The first-order chi connectivity index (χ1) is 8.38. The second kappa shape index (κ2) is 7.67. The number of alkyl halides is 3. The highest BCUT2D eigenvalue weighted by molar-refractivity contribution is 5.85. The summed E-state index contributed by atoms with van der Waals surface area (Å²) in [6, 6.07) is 2.42. The lowest BCUT2D eigenvalue weighted by atomic mass is 9.96. The summed E-state index contributed by atoms with van der Waals surface area (Å²) in [5.41, 5.74) is 9.54. The fourth-order valence-corrected chi connectivity index (χ4v) is 1.81. The van der Waals surface area contributed by atoms with Crippen LogP contribution in [-0.4, -0.2) is 6.54 Å². The van der Waals surface area contributed by atoms with Gasteiger partial charge in [0.25, 0.3) is 0 Å². The molecule has 0 radical (unpaired) electrons. The van der Waals surface area contributed by atoms with Crippen molar-refractivity contribution in [3.05, 3.63) is 35.1 Å². The first-order valence-corrected chi connectivity index (χ1v) is 5.69. The number of unbranched alkanes of at least 4 members (excludes halogenated alkanes) is 1. The van der Waals surface area contributed by atoms with Crippen LogP contribution in [0.25, 0.3) is 0 Å². The molecule has 110 valence electrons. The number of halogens is 5. The van der Waals surface area contributed by atoms with Crippen LogP contribution < -0.4 is 11.5 Å². The molecule has 19 heavy (non-hydrogen) atoms. The Morgan fingerprint density at radius 1 is 1.16 bits per heavy atom. The normalized spacial score (nSPS) is 12.9. The van der Waals surface area contributed by atoms with Gasteiger partial charge in [0, 0.05) is 6.04 Å². The van der Waals surface area contributed by atoms with E-state index in [9.17, 15) is 17.6 Å². The average molecular weight is 301 g/mol. The second-order valence-electron chi connectivity index (χ2n) is 4.09. The highest BCUT2D eigenvalue weighted by Gasteiger charge is 2.37. The van der Waals surface area contributed by atoms with Gasteiger partial charge in [-0.05, 0) is 31.0 Å². The van der Waals surface area contributed by atoms with Gasteiger partial charge in [-0.2, -0.15) is 13.2 Å². The highest BCUT2D eigenvalue weighted by Crippen LogP contribution is 2.36. The summed E-state index contributed by atoms with van der Waals surface area (Å²) >= 11 is 0. The van der Waals surface area contributed by atoms with Crippen LogP contribution in [0.15, 0.2) is 18.2 Å². The van der Waals surface area contributed by atoms with Crippen LogP contribution in [0.3, 0.4) is 0 Å². The van der Waals surface area contributed by atoms with E-state index in [0.717, 1.165) is 6.07 Å². The summed E-state index contributed by atoms with van der Waals surface area (Å²) < 4.78 is 51.5. The van der Waals surface area contributed by atoms with Crippen LogP contribution in [0.4, 0.5) is 17.6 Å². The molecule has 0 fully saturated rings. The van der Waals surface area contributed by atoms with Crippen LogP contribution >= 0.6 is 12.4 Å². The van der Waals surface area contributed by atoms with Crippen molar-refractivity contribution in [2.75, 3.05) is 6.54 Å². The first-order valence-electron chi connectivity index (χ1n) is 5.69. The third-order valence-electron chi connectivity index (χ3n) is 2.70. The predicted molar refractivity (Wildman–Crippen MR) is 68.5 cm³/mol. The summed E-state index contributed by atoms with van der Waals surface area (Å²) in [5, 5.41) is 0. The van der Waals surface area contributed by atoms with E-state index in [1.165, 1.54) is 12.1 Å². The summed E-state index contributed by atoms with van der Waals surface area (Å²) in [6.07, 6.45) is -3.08. The van der Waals surface area contributed by atoms with Gasteiger partial charge >= 0.3 is 6.18 Å². The van der Waals surface area contributed by atoms with Crippen LogP contribution in [0.1, 0.15) is 36.4 Å². The molecule has 1 rings (SSSR count). The molecule has 0 saturated heterocycles. The monoisotopic (exact) mass is 300 g/mol. The van der Waals surface area contributed by atoms with E-state index < -0.39 is 23.6 Å². The smallest absolute Gasteiger partial charge is 0.330 e. The summed E-state index contributed by atoms with van der Waals surface area (Å²) in [6.45, 7) is 0.460. The van der Waals surface area contributed by atoms with Crippen molar-refractivity contribution in [1.82, 2.24) is 0 Å². The van der Waals surface area contributed by atoms with Gasteiger partial charge in [0.15, 0.2) is 0 Å². The fourth-order valence-electron chi connectivity index (χ4n) is 1.81. The lowest BCUT2D eigenvalue weighted by Gasteiger charge is -2.18. The molecule has 0 unspecified atom stereocenters. The Hall–Kier alpha value is -0.850. The molecular formula is C12H17ClF4N2. The molecule has 0 aromatic heterocycles. The number of benzene rings is 1. The molecule has 0 amide bonds. The third-order valence-corrected chi connectivity index (χ3v) is 2.70. The second-order valence-corrected chi connectivity index (χ2v) is 4.09. The number of rotatable bonds is 5. The van der Waals surface area contributed by atoms with Crippen molar-refractivity contribution < 1.29 is 17.6 Å². The molecular weight excluding hydrogens is 284 g/mol. The molecule has 4 N–H and O–H groups in total. The quantitative estimate of drug-likeness (QED) is 0.647. The standard InChI is InChI=1S/C12H16F4N2.ClH/c13-9-5-3-4-8(11(9)12(14,15)16)10(18)6-1-2-7-17;/h3-5,10H,1-2,6-7,17-18H2;1H/t10-;/m1./s1. The van der Waals surface area contributed by atoms with Gasteiger partial charge in [-0.3, -0.25) is 0 Å². The van der Waals surface area contributed by atoms with E-state index in [1.54, 1.807) is 0 Å². The largest absolute Gasteiger partial charge is 0.419 e. The van der Waals surface area contributed by atoms with E-state index in [1.807, 2.05) is 0 Å². The molecule has 1 aromatic rings. The molecule has 0 aliphatic carbocycles. The first kappa shape index (κ1) is 18.1. The SMILES string of the molecule is Cl.NCCCC[C@@H](N)c1cccc(F)c1C(F)(F)F. The molecule has 0 aliphatic rings. The van der Waals surface area contributed by atoms with Gasteiger partial charge in [0.1, 0.15) is 5.82 Å². The Kier molecular flexibility index (Phi) is 7.33. The summed E-state index contributed by atoms with van der Waals surface area (Å²) in [7, 11) is 0. The topological polar surface area (TPSA) is 52.0 Å². The Morgan fingerprint density at radius 3 is 2.32 bits per heavy atom. The maximum atomic E-state index is 13.3. The van der Waals surface area contributed by atoms with Gasteiger partial charge in [-0.1, -0.05) is 18.6 Å². The van der Waals surface area contributed by atoms with E-state index in [-0.39, 0.29) is 18.0 Å². The summed E-state index contributed by atoms with van der Waals surface area (Å²) in [4.78, 5) is 0. The fraction of sp³-hybridized carbons (Fsp3) is 0.500. The van der Waals surface area contributed by atoms with E-state index in [2.05, 4.69) is 0 Å². The Balaban J connectivity index is 0.00000324. The van der Waals surface area contributed by atoms with Crippen LogP contribution in [-0.2, 0) is 6.18 Å². The van der Waals surface area contributed by atoms with E-state index in [0.29, 0.717) is 25.8 Å². The molecule has 1 aromatic carbocycles. The number of hydrogen-bond donors (Lipinski definition) is 2. The van der Waals surface area contributed by atoms with Crippen molar-refractivity contribution in [3.8, 4) is 0 Å². The Labute approximate surface area is 115 Å². The van der Waals surface area contributed by atoms with Crippen LogP contribution in [0.2, 0.25) is 0 Å². The summed E-state index contributed by atoms with van der Waals surface area (Å²) in [5.74, 6) is -1.28. The minimum absolute atomic E-state index is 0. The minimum atomic E-state index is -4.73. The zero-order chi connectivity index (χ0) is 13.8. The van der Waals surface area contributed by atoms with Crippen molar-refractivity contribution in [2.24, 2.45) is 11.5 Å². The zero-order valence-electron chi connectivity index (χ0n) is 10.2. The molecule has 0 aliphatic heterocycles. The molecule has 0 bridgehead atoms. The Bertz CT molecular complexity index is 396. The molecule has 0 heterocycles. The third kappa shape index (κ3) is 4.97. The van der Waals surface area contributed by atoms with E-state index in [4.69, 9.17) is 11.5 Å². The zero-order valence-corrected chi connectivity index (χ0v) is 11.0. The van der Waals surface area contributed by atoms with Crippen molar-refractivity contribution in [2.45, 2.75) is 31.5 Å². The van der Waals surface area contributed by atoms with Gasteiger partial charge in [0.05, 0.1) is 5.56 Å². The van der Waals surface area contributed by atoms with Crippen molar-refractivity contribution >= 4 is 12.4 Å². The van der Waals surface area contributed by atoms with Crippen LogP contribution in [0, 0.1) is 5.82 Å². The van der Waals surface area contributed by atoms with Crippen molar-refractivity contribution in [3.63, 3.8) is 0 Å². The lowest BCUT2D eigenvalue weighted by molar-refractivity contribution is -0.140. The maximum Gasteiger partial charge on any atom is 0.419 e. The highest BCUT2D eigenvalue weighted by atomic mass is 35.5. The molecule has 0 spiro atoms. The lowest BCUT2D eigenvalue weighted by Crippen LogP contribution is -2.19. The van der Waals surface area contributed by atoms with Gasteiger partial charge in [-0.25, -0.2) is 4.39 Å². The van der Waals surface area contributed by atoms with Gasteiger partial charge in [-0.15, -0.1) is 12.4 Å². The van der Waals surface area contributed by atoms with Gasteiger partial charge in [0.2, 0.25) is 0 Å². The molecule has 2 nitrogen and oxygen atoms in total. The minimum Gasteiger partial charge on any atom is -0.330 e. The predicted octanol–water partition coefficient (Wildman–Crippen LogP) is 3.40. The number of nitrogens with two attached hydrogens (primary N) is 2.